The molecule has 0 aliphatic rings. The average Bonchev–Trinajstić information content (AvgIpc) is 2.08. The van der Waals surface area contributed by atoms with E-state index in [0.717, 1.165) is 10.8 Å². The summed E-state index contributed by atoms with van der Waals surface area (Å²) in [5.41, 5.74) is 0.609. The number of rotatable bonds is 3. The minimum Gasteiger partial charge on any atom is -0.544 e. The highest BCUT2D eigenvalue weighted by molar-refractivity contribution is 6.73. The third-order valence-electron chi connectivity index (χ3n) is 2.58. The SMILES string of the molecule is CC(C)[Si](C)(C)Oc1ccc(Cl)cc1. The summed E-state index contributed by atoms with van der Waals surface area (Å²) in [6.45, 7) is 8.88. The smallest absolute Gasteiger partial charge is 0.247 e. The van der Waals surface area contributed by atoms with Gasteiger partial charge in [-0.25, -0.2) is 0 Å². The van der Waals surface area contributed by atoms with Crippen LogP contribution in [0.4, 0.5) is 0 Å². The van der Waals surface area contributed by atoms with E-state index in [1.54, 1.807) is 0 Å². The van der Waals surface area contributed by atoms with Gasteiger partial charge in [-0.2, -0.15) is 0 Å². The maximum absolute atomic E-state index is 6.00. The van der Waals surface area contributed by atoms with Crippen molar-refractivity contribution in [3.8, 4) is 5.75 Å². The van der Waals surface area contributed by atoms with Crippen LogP contribution >= 0.6 is 11.6 Å². The van der Waals surface area contributed by atoms with Gasteiger partial charge in [0.2, 0.25) is 8.32 Å². The molecule has 1 rings (SSSR count). The molecule has 0 aromatic heterocycles. The van der Waals surface area contributed by atoms with Crippen molar-refractivity contribution < 1.29 is 4.43 Å². The summed E-state index contributed by atoms with van der Waals surface area (Å²) in [6, 6.07) is 7.59. The first-order valence-corrected chi connectivity index (χ1v) is 8.23. The molecule has 0 fully saturated rings. The molecule has 0 unspecified atom stereocenters. The van der Waals surface area contributed by atoms with E-state index in [4.69, 9.17) is 16.0 Å². The van der Waals surface area contributed by atoms with Crippen LogP contribution in [0.1, 0.15) is 13.8 Å². The van der Waals surface area contributed by atoms with Crippen LogP contribution in [0.2, 0.25) is 23.7 Å². The fraction of sp³-hybridized carbons (Fsp3) is 0.455. The highest BCUT2D eigenvalue weighted by atomic mass is 35.5. The minimum atomic E-state index is -1.58. The van der Waals surface area contributed by atoms with Gasteiger partial charge >= 0.3 is 0 Å². The molecule has 0 heterocycles. The van der Waals surface area contributed by atoms with Crippen LogP contribution in [0.3, 0.4) is 0 Å². The van der Waals surface area contributed by atoms with Crippen molar-refractivity contribution >= 4 is 19.9 Å². The molecule has 0 amide bonds. The Labute approximate surface area is 92.2 Å². The molecule has 3 heteroatoms. The van der Waals surface area contributed by atoms with Crippen molar-refractivity contribution in [2.45, 2.75) is 32.5 Å². The first-order chi connectivity index (χ1) is 6.42. The molecule has 1 aromatic rings. The Morgan fingerprint density at radius 1 is 1.14 bits per heavy atom. The standard InChI is InChI=1S/C11H17ClOSi/c1-9(2)14(3,4)13-11-7-5-10(12)6-8-11/h5-9H,1-4H3. The average molecular weight is 229 g/mol. The van der Waals surface area contributed by atoms with E-state index < -0.39 is 8.32 Å². The lowest BCUT2D eigenvalue weighted by atomic mass is 10.3. The predicted molar refractivity (Wildman–Crippen MR) is 64.7 cm³/mol. The van der Waals surface area contributed by atoms with Gasteiger partial charge in [0.05, 0.1) is 0 Å². The Kier molecular flexibility index (Phi) is 3.62. The number of hydrogen-bond acceptors (Lipinski definition) is 1. The van der Waals surface area contributed by atoms with Gasteiger partial charge in [0, 0.05) is 5.02 Å². The van der Waals surface area contributed by atoms with Gasteiger partial charge in [-0.3, -0.25) is 0 Å². The summed E-state index contributed by atoms with van der Waals surface area (Å²) in [6.07, 6.45) is 0. The fourth-order valence-electron chi connectivity index (χ4n) is 0.924. The molecule has 0 radical (unpaired) electrons. The Balaban J connectivity index is 2.74. The summed E-state index contributed by atoms with van der Waals surface area (Å²) in [5.74, 6) is 0.930. The zero-order valence-corrected chi connectivity index (χ0v) is 10.9. The second-order valence-electron chi connectivity index (χ2n) is 4.31. The Morgan fingerprint density at radius 3 is 2.07 bits per heavy atom. The maximum atomic E-state index is 6.00. The van der Waals surface area contributed by atoms with Crippen LogP contribution in [-0.4, -0.2) is 8.32 Å². The van der Waals surface area contributed by atoms with Gasteiger partial charge in [-0.05, 0) is 42.9 Å². The first-order valence-electron chi connectivity index (χ1n) is 4.86. The Bertz CT molecular complexity index is 293. The molecule has 0 spiro atoms. The molecule has 1 aromatic carbocycles. The quantitative estimate of drug-likeness (QED) is 0.700. The van der Waals surface area contributed by atoms with Gasteiger partial charge < -0.3 is 4.43 Å². The van der Waals surface area contributed by atoms with Crippen LogP contribution in [0, 0.1) is 0 Å². The van der Waals surface area contributed by atoms with Gasteiger partial charge in [-0.15, -0.1) is 0 Å². The van der Waals surface area contributed by atoms with Crippen molar-refractivity contribution in [3.05, 3.63) is 29.3 Å². The molecule has 78 valence electrons. The largest absolute Gasteiger partial charge is 0.544 e. The molecule has 0 saturated heterocycles. The second kappa shape index (κ2) is 4.37. The Hall–Kier alpha value is -0.473. The molecule has 0 N–H and O–H groups in total. The van der Waals surface area contributed by atoms with Crippen LogP contribution in [0.15, 0.2) is 24.3 Å². The van der Waals surface area contributed by atoms with E-state index in [-0.39, 0.29) is 0 Å². The maximum Gasteiger partial charge on any atom is 0.247 e. The Morgan fingerprint density at radius 2 is 1.64 bits per heavy atom. The number of benzene rings is 1. The van der Waals surface area contributed by atoms with E-state index in [1.807, 2.05) is 24.3 Å². The van der Waals surface area contributed by atoms with E-state index >= 15 is 0 Å². The van der Waals surface area contributed by atoms with Gasteiger partial charge in [-0.1, -0.05) is 25.4 Å². The van der Waals surface area contributed by atoms with Gasteiger partial charge in [0.25, 0.3) is 0 Å². The monoisotopic (exact) mass is 228 g/mol. The molecule has 0 bridgehead atoms. The molecule has 1 nitrogen and oxygen atoms in total. The third-order valence-corrected chi connectivity index (χ3v) is 6.38. The molecular weight excluding hydrogens is 212 g/mol. The van der Waals surface area contributed by atoms with Crippen molar-refractivity contribution in [2.24, 2.45) is 0 Å². The van der Waals surface area contributed by atoms with Gasteiger partial charge in [0.15, 0.2) is 0 Å². The summed E-state index contributed by atoms with van der Waals surface area (Å²) in [4.78, 5) is 0. The van der Waals surface area contributed by atoms with Crippen LogP contribution in [-0.2, 0) is 0 Å². The van der Waals surface area contributed by atoms with E-state index in [9.17, 15) is 0 Å². The molecule has 0 aliphatic heterocycles. The first kappa shape index (κ1) is 11.6. The zero-order chi connectivity index (χ0) is 10.8. The zero-order valence-electron chi connectivity index (χ0n) is 9.17. The molecule has 0 atom stereocenters. The van der Waals surface area contributed by atoms with Crippen molar-refractivity contribution in [1.29, 1.82) is 0 Å². The summed E-state index contributed by atoms with van der Waals surface area (Å²) >= 11 is 5.80. The van der Waals surface area contributed by atoms with E-state index in [0.29, 0.717) is 5.54 Å². The summed E-state index contributed by atoms with van der Waals surface area (Å²) in [5, 5.41) is 0.751. The van der Waals surface area contributed by atoms with Crippen molar-refractivity contribution in [2.75, 3.05) is 0 Å². The predicted octanol–water partition coefficient (Wildman–Crippen LogP) is 4.33. The highest BCUT2D eigenvalue weighted by Gasteiger charge is 2.28. The highest BCUT2D eigenvalue weighted by Crippen LogP contribution is 2.25. The van der Waals surface area contributed by atoms with E-state index in [2.05, 4.69) is 26.9 Å². The summed E-state index contributed by atoms with van der Waals surface area (Å²) in [7, 11) is -1.58. The van der Waals surface area contributed by atoms with Crippen molar-refractivity contribution in [1.82, 2.24) is 0 Å². The number of halogens is 1. The number of hydrogen-bond donors (Lipinski definition) is 0. The van der Waals surface area contributed by atoms with Crippen LogP contribution in [0.25, 0.3) is 0 Å². The normalized spacial score (nSPS) is 11.9. The lowest BCUT2D eigenvalue weighted by Crippen LogP contribution is -2.37. The van der Waals surface area contributed by atoms with Gasteiger partial charge in [0.1, 0.15) is 5.75 Å². The minimum absolute atomic E-state index is 0.609. The molecule has 0 aliphatic carbocycles. The third kappa shape index (κ3) is 3.03. The molecule has 0 saturated carbocycles. The van der Waals surface area contributed by atoms with E-state index in [1.165, 1.54) is 0 Å². The fourth-order valence-corrected chi connectivity index (χ4v) is 2.03. The lowest BCUT2D eigenvalue weighted by molar-refractivity contribution is 0.533. The second-order valence-corrected chi connectivity index (χ2v) is 9.32. The lowest BCUT2D eigenvalue weighted by Gasteiger charge is -2.27. The summed E-state index contributed by atoms with van der Waals surface area (Å²) < 4.78 is 6.00. The van der Waals surface area contributed by atoms with Crippen LogP contribution < -0.4 is 4.43 Å². The van der Waals surface area contributed by atoms with Crippen molar-refractivity contribution in [3.63, 3.8) is 0 Å². The van der Waals surface area contributed by atoms with Crippen LogP contribution in [0.5, 0.6) is 5.75 Å². The molecule has 14 heavy (non-hydrogen) atoms. The topological polar surface area (TPSA) is 9.23 Å². The molecular formula is C11H17ClOSi.